The fourth-order valence-electron chi connectivity index (χ4n) is 2.10. The molecule has 1 aromatic heterocycles. The standard InChI is InChI=1S/C14H18FN3/c1-14(16,10-13-7-8-18(2)17-13)9-11-3-5-12(15)6-4-11/h3-8H,9-10,16H2,1-2H3. The molecule has 96 valence electrons. The highest BCUT2D eigenvalue weighted by Gasteiger charge is 2.21. The van der Waals surface area contributed by atoms with E-state index in [9.17, 15) is 4.39 Å². The molecule has 3 nitrogen and oxygen atoms in total. The molecule has 1 heterocycles. The molecule has 2 aromatic rings. The van der Waals surface area contributed by atoms with Gasteiger partial charge in [0.2, 0.25) is 0 Å². The van der Waals surface area contributed by atoms with Crippen LogP contribution in [0, 0.1) is 5.82 Å². The van der Waals surface area contributed by atoms with Crippen molar-refractivity contribution in [2.75, 3.05) is 0 Å². The van der Waals surface area contributed by atoms with Crippen molar-refractivity contribution in [1.29, 1.82) is 0 Å². The number of hydrogen-bond acceptors (Lipinski definition) is 2. The number of benzene rings is 1. The molecule has 0 aliphatic carbocycles. The summed E-state index contributed by atoms with van der Waals surface area (Å²) in [6.45, 7) is 1.99. The first-order valence-electron chi connectivity index (χ1n) is 5.96. The van der Waals surface area contributed by atoms with Crippen LogP contribution in [0.5, 0.6) is 0 Å². The zero-order valence-electron chi connectivity index (χ0n) is 10.7. The van der Waals surface area contributed by atoms with Crippen molar-refractivity contribution in [2.45, 2.75) is 25.3 Å². The molecule has 0 spiro atoms. The highest BCUT2D eigenvalue weighted by Crippen LogP contribution is 2.16. The monoisotopic (exact) mass is 247 g/mol. The highest BCUT2D eigenvalue weighted by molar-refractivity contribution is 5.19. The van der Waals surface area contributed by atoms with Crippen LogP contribution >= 0.6 is 0 Å². The van der Waals surface area contributed by atoms with E-state index in [1.807, 2.05) is 26.2 Å². The van der Waals surface area contributed by atoms with Crippen molar-refractivity contribution in [2.24, 2.45) is 12.8 Å². The summed E-state index contributed by atoms with van der Waals surface area (Å²) in [5.41, 5.74) is 7.92. The predicted molar refractivity (Wildman–Crippen MR) is 69.6 cm³/mol. The molecule has 1 aromatic carbocycles. The van der Waals surface area contributed by atoms with Gasteiger partial charge in [-0.1, -0.05) is 12.1 Å². The van der Waals surface area contributed by atoms with Gasteiger partial charge >= 0.3 is 0 Å². The minimum atomic E-state index is -0.383. The molecule has 0 amide bonds. The largest absolute Gasteiger partial charge is 0.325 e. The van der Waals surface area contributed by atoms with Crippen LogP contribution in [0.4, 0.5) is 4.39 Å². The normalized spacial score (nSPS) is 14.4. The van der Waals surface area contributed by atoms with Crippen LogP contribution in [-0.4, -0.2) is 15.3 Å². The van der Waals surface area contributed by atoms with Gasteiger partial charge in [-0.15, -0.1) is 0 Å². The Morgan fingerprint density at radius 2 is 1.89 bits per heavy atom. The van der Waals surface area contributed by atoms with E-state index in [4.69, 9.17) is 5.73 Å². The molecular weight excluding hydrogens is 229 g/mol. The second-order valence-electron chi connectivity index (χ2n) is 5.11. The quantitative estimate of drug-likeness (QED) is 0.898. The molecule has 0 saturated carbocycles. The zero-order chi connectivity index (χ0) is 13.2. The van der Waals surface area contributed by atoms with Crippen LogP contribution in [-0.2, 0) is 19.9 Å². The summed E-state index contributed by atoms with van der Waals surface area (Å²) in [6.07, 6.45) is 3.30. The number of rotatable bonds is 4. The minimum Gasteiger partial charge on any atom is -0.325 e. The third-order valence-electron chi connectivity index (χ3n) is 2.88. The Labute approximate surface area is 106 Å². The second-order valence-corrected chi connectivity index (χ2v) is 5.11. The van der Waals surface area contributed by atoms with E-state index in [1.54, 1.807) is 16.8 Å². The van der Waals surface area contributed by atoms with Crippen LogP contribution in [0.3, 0.4) is 0 Å². The third kappa shape index (κ3) is 3.40. The van der Waals surface area contributed by atoms with E-state index >= 15 is 0 Å². The summed E-state index contributed by atoms with van der Waals surface area (Å²) in [5, 5.41) is 4.33. The Balaban J connectivity index is 2.04. The van der Waals surface area contributed by atoms with Gasteiger partial charge in [-0.2, -0.15) is 5.10 Å². The van der Waals surface area contributed by atoms with Gasteiger partial charge in [0.25, 0.3) is 0 Å². The van der Waals surface area contributed by atoms with Gasteiger partial charge in [0.15, 0.2) is 0 Å². The van der Waals surface area contributed by atoms with Crippen LogP contribution in [0.1, 0.15) is 18.2 Å². The lowest BCUT2D eigenvalue weighted by molar-refractivity contribution is 0.455. The van der Waals surface area contributed by atoms with Gasteiger partial charge in [0.1, 0.15) is 5.82 Å². The summed E-state index contributed by atoms with van der Waals surface area (Å²) in [7, 11) is 1.89. The highest BCUT2D eigenvalue weighted by atomic mass is 19.1. The molecule has 0 fully saturated rings. The maximum absolute atomic E-state index is 12.8. The number of nitrogens with zero attached hydrogens (tertiary/aromatic N) is 2. The van der Waals surface area contributed by atoms with Crippen LogP contribution < -0.4 is 5.73 Å². The third-order valence-corrected chi connectivity index (χ3v) is 2.88. The Morgan fingerprint density at radius 1 is 1.22 bits per heavy atom. The van der Waals surface area contributed by atoms with Gasteiger partial charge in [0, 0.05) is 25.2 Å². The molecule has 1 unspecified atom stereocenters. The van der Waals surface area contributed by atoms with Gasteiger partial charge < -0.3 is 5.73 Å². The number of aromatic nitrogens is 2. The Kier molecular flexibility index (Phi) is 3.48. The Bertz CT molecular complexity index is 514. The summed E-state index contributed by atoms with van der Waals surface area (Å²) in [4.78, 5) is 0. The van der Waals surface area contributed by atoms with E-state index in [2.05, 4.69) is 5.10 Å². The molecule has 0 radical (unpaired) electrons. The average Bonchev–Trinajstić information content (AvgIpc) is 2.66. The fourth-order valence-corrected chi connectivity index (χ4v) is 2.10. The number of halogens is 1. The SMILES string of the molecule is Cn1ccc(CC(C)(N)Cc2ccc(F)cc2)n1. The number of aryl methyl sites for hydroxylation is 1. The van der Waals surface area contributed by atoms with Crippen LogP contribution in [0.15, 0.2) is 36.5 Å². The van der Waals surface area contributed by atoms with Crippen LogP contribution in [0.25, 0.3) is 0 Å². The lowest BCUT2D eigenvalue weighted by Gasteiger charge is -2.23. The Hall–Kier alpha value is -1.68. The lowest BCUT2D eigenvalue weighted by atomic mass is 9.89. The van der Waals surface area contributed by atoms with Crippen molar-refractivity contribution in [3.8, 4) is 0 Å². The van der Waals surface area contributed by atoms with Crippen molar-refractivity contribution in [3.05, 3.63) is 53.6 Å². The summed E-state index contributed by atoms with van der Waals surface area (Å²) < 4.78 is 14.6. The lowest BCUT2D eigenvalue weighted by Crippen LogP contribution is -2.41. The predicted octanol–water partition coefficient (Wildman–Crippen LogP) is 2.06. The van der Waals surface area contributed by atoms with Gasteiger partial charge in [-0.25, -0.2) is 4.39 Å². The van der Waals surface area contributed by atoms with Crippen molar-refractivity contribution >= 4 is 0 Å². The summed E-state index contributed by atoms with van der Waals surface area (Å²) in [6, 6.07) is 8.45. The van der Waals surface area contributed by atoms with E-state index in [0.717, 1.165) is 11.3 Å². The van der Waals surface area contributed by atoms with E-state index < -0.39 is 0 Å². The molecule has 2 N–H and O–H groups in total. The number of nitrogens with two attached hydrogens (primary N) is 1. The van der Waals surface area contributed by atoms with Crippen molar-refractivity contribution in [3.63, 3.8) is 0 Å². The van der Waals surface area contributed by atoms with Crippen LogP contribution in [0.2, 0.25) is 0 Å². The molecule has 4 heteroatoms. The topological polar surface area (TPSA) is 43.8 Å². The maximum atomic E-state index is 12.8. The fraction of sp³-hybridized carbons (Fsp3) is 0.357. The average molecular weight is 247 g/mol. The zero-order valence-corrected chi connectivity index (χ0v) is 10.7. The molecule has 1 atom stereocenters. The first-order chi connectivity index (χ1) is 8.44. The van der Waals surface area contributed by atoms with E-state index in [0.29, 0.717) is 12.8 Å². The van der Waals surface area contributed by atoms with E-state index in [-0.39, 0.29) is 11.4 Å². The summed E-state index contributed by atoms with van der Waals surface area (Å²) >= 11 is 0. The van der Waals surface area contributed by atoms with Crippen molar-refractivity contribution in [1.82, 2.24) is 9.78 Å². The molecule has 0 aliphatic heterocycles. The minimum absolute atomic E-state index is 0.220. The van der Waals surface area contributed by atoms with Gasteiger partial charge in [-0.05, 0) is 37.1 Å². The number of hydrogen-bond donors (Lipinski definition) is 1. The van der Waals surface area contributed by atoms with Gasteiger partial charge in [0.05, 0.1) is 5.69 Å². The van der Waals surface area contributed by atoms with E-state index in [1.165, 1.54) is 12.1 Å². The first kappa shape index (κ1) is 12.8. The molecular formula is C14H18FN3. The van der Waals surface area contributed by atoms with Crippen molar-refractivity contribution < 1.29 is 4.39 Å². The molecule has 0 saturated heterocycles. The molecule has 0 aliphatic rings. The molecule has 2 rings (SSSR count). The second kappa shape index (κ2) is 4.90. The first-order valence-corrected chi connectivity index (χ1v) is 5.96. The molecule has 18 heavy (non-hydrogen) atoms. The summed E-state index contributed by atoms with van der Waals surface area (Å²) in [5.74, 6) is -0.220. The van der Waals surface area contributed by atoms with Gasteiger partial charge in [-0.3, -0.25) is 4.68 Å². The Morgan fingerprint density at radius 3 is 2.44 bits per heavy atom. The maximum Gasteiger partial charge on any atom is 0.123 e. The smallest absolute Gasteiger partial charge is 0.123 e. The molecule has 0 bridgehead atoms.